The molecule has 0 radical (unpaired) electrons. The highest BCUT2D eigenvalue weighted by Crippen LogP contribution is 2.16. The average molecular weight is 207 g/mol. The Morgan fingerprint density at radius 2 is 1.87 bits per heavy atom. The van der Waals surface area contributed by atoms with E-state index in [1.807, 2.05) is 19.9 Å². The second-order valence-corrected chi connectivity index (χ2v) is 4.67. The van der Waals surface area contributed by atoms with Crippen molar-refractivity contribution in [2.24, 2.45) is 0 Å². The highest BCUT2D eigenvalue weighted by molar-refractivity contribution is 5.03. The van der Waals surface area contributed by atoms with Gasteiger partial charge in [0.1, 0.15) is 5.54 Å². The molecule has 1 unspecified atom stereocenters. The van der Waals surface area contributed by atoms with E-state index in [0.717, 1.165) is 26.2 Å². The van der Waals surface area contributed by atoms with Gasteiger partial charge in [-0.15, -0.1) is 6.58 Å². The second-order valence-electron chi connectivity index (χ2n) is 4.67. The summed E-state index contributed by atoms with van der Waals surface area (Å²) in [5, 5.41) is 9.05. The molecule has 0 aliphatic carbocycles. The third-order valence-electron chi connectivity index (χ3n) is 3.30. The molecule has 1 saturated heterocycles. The summed E-state index contributed by atoms with van der Waals surface area (Å²) in [5.41, 5.74) is -0.330. The molecule has 0 aromatic carbocycles. The number of nitriles is 1. The quantitative estimate of drug-likeness (QED) is 0.657. The first kappa shape index (κ1) is 12.2. The molecule has 1 rings (SSSR count). The summed E-state index contributed by atoms with van der Waals surface area (Å²) in [6, 6.07) is 2.80. The van der Waals surface area contributed by atoms with Crippen LogP contribution in [0.25, 0.3) is 0 Å². The third-order valence-corrected chi connectivity index (χ3v) is 3.30. The number of nitrogens with zero attached hydrogens (tertiary/aromatic N) is 3. The summed E-state index contributed by atoms with van der Waals surface area (Å²) in [7, 11) is 0. The summed E-state index contributed by atoms with van der Waals surface area (Å²) in [5.74, 6) is 0. The van der Waals surface area contributed by atoms with Crippen molar-refractivity contribution < 1.29 is 0 Å². The Morgan fingerprint density at radius 3 is 2.27 bits per heavy atom. The van der Waals surface area contributed by atoms with Gasteiger partial charge in [-0.3, -0.25) is 9.80 Å². The van der Waals surface area contributed by atoms with Gasteiger partial charge in [-0.2, -0.15) is 5.26 Å². The van der Waals surface area contributed by atoms with Gasteiger partial charge in [0.15, 0.2) is 0 Å². The predicted molar refractivity (Wildman–Crippen MR) is 62.5 cm³/mol. The number of hydrogen-bond donors (Lipinski definition) is 0. The van der Waals surface area contributed by atoms with Crippen LogP contribution in [0.4, 0.5) is 0 Å². The van der Waals surface area contributed by atoms with Crippen LogP contribution < -0.4 is 0 Å². The van der Waals surface area contributed by atoms with Crippen LogP contribution in [0.15, 0.2) is 12.7 Å². The number of hydrogen-bond acceptors (Lipinski definition) is 3. The Balaban J connectivity index is 2.50. The summed E-state index contributed by atoms with van der Waals surface area (Å²) in [6.07, 6.45) is 1.98. The van der Waals surface area contributed by atoms with Crippen molar-refractivity contribution in [1.29, 1.82) is 5.26 Å². The lowest BCUT2D eigenvalue weighted by Gasteiger charge is -2.42. The predicted octanol–water partition coefficient (Wildman–Crippen LogP) is 1.48. The zero-order valence-electron chi connectivity index (χ0n) is 10.0. The molecule has 1 aliphatic rings. The van der Waals surface area contributed by atoms with E-state index in [1.54, 1.807) is 0 Å². The first-order valence-electron chi connectivity index (χ1n) is 5.54. The fourth-order valence-corrected chi connectivity index (χ4v) is 1.91. The average Bonchev–Trinajstić information content (AvgIpc) is 2.28. The zero-order chi connectivity index (χ0) is 11.5. The maximum absolute atomic E-state index is 9.05. The van der Waals surface area contributed by atoms with Crippen LogP contribution in [0.3, 0.4) is 0 Å². The third kappa shape index (κ3) is 2.80. The fourth-order valence-electron chi connectivity index (χ4n) is 1.91. The molecule has 84 valence electrons. The minimum Gasteiger partial charge on any atom is -0.295 e. The Labute approximate surface area is 93.0 Å². The highest BCUT2D eigenvalue weighted by Gasteiger charge is 2.30. The molecular weight excluding hydrogens is 186 g/mol. The van der Waals surface area contributed by atoms with Crippen molar-refractivity contribution in [3.05, 3.63) is 12.7 Å². The van der Waals surface area contributed by atoms with Crippen molar-refractivity contribution in [3.8, 4) is 6.07 Å². The van der Waals surface area contributed by atoms with Gasteiger partial charge in [0, 0.05) is 32.2 Å². The molecule has 0 saturated carbocycles. The number of piperazine rings is 1. The van der Waals surface area contributed by atoms with E-state index >= 15 is 0 Å². The van der Waals surface area contributed by atoms with Crippen LogP contribution in [-0.2, 0) is 0 Å². The van der Waals surface area contributed by atoms with E-state index in [0.29, 0.717) is 6.04 Å². The number of rotatable bonds is 3. The van der Waals surface area contributed by atoms with E-state index in [-0.39, 0.29) is 5.54 Å². The Bertz CT molecular complexity index is 257. The first-order chi connectivity index (χ1) is 7.01. The largest absolute Gasteiger partial charge is 0.295 e. The smallest absolute Gasteiger partial charge is 0.103 e. The molecule has 0 bridgehead atoms. The topological polar surface area (TPSA) is 30.3 Å². The van der Waals surface area contributed by atoms with E-state index in [2.05, 4.69) is 29.4 Å². The van der Waals surface area contributed by atoms with Gasteiger partial charge in [-0.1, -0.05) is 6.08 Å². The molecule has 3 heteroatoms. The lowest BCUT2D eigenvalue weighted by Crippen LogP contribution is -2.55. The van der Waals surface area contributed by atoms with Crippen LogP contribution in [0, 0.1) is 11.3 Å². The SMILES string of the molecule is C=CC(C)N1CCN(C(C)(C)C#N)CC1. The molecule has 1 atom stereocenters. The zero-order valence-corrected chi connectivity index (χ0v) is 10.0. The maximum atomic E-state index is 9.05. The van der Waals surface area contributed by atoms with Gasteiger partial charge in [-0.25, -0.2) is 0 Å². The molecule has 0 spiro atoms. The lowest BCUT2D eigenvalue weighted by molar-refractivity contribution is 0.0702. The second kappa shape index (κ2) is 4.78. The van der Waals surface area contributed by atoms with Crippen molar-refractivity contribution in [2.75, 3.05) is 26.2 Å². The van der Waals surface area contributed by atoms with Gasteiger partial charge in [-0.05, 0) is 20.8 Å². The molecule has 1 fully saturated rings. The first-order valence-corrected chi connectivity index (χ1v) is 5.54. The van der Waals surface area contributed by atoms with E-state index < -0.39 is 0 Å². The van der Waals surface area contributed by atoms with Crippen molar-refractivity contribution >= 4 is 0 Å². The molecule has 1 heterocycles. The monoisotopic (exact) mass is 207 g/mol. The minimum atomic E-state index is -0.330. The van der Waals surface area contributed by atoms with Gasteiger partial charge in [0.05, 0.1) is 6.07 Å². The van der Waals surface area contributed by atoms with Crippen LogP contribution in [0.1, 0.15) is 20.8 Å². The van der Waals surface area contributed by atoms with Gasteiger partial charge in [0.2, 0.25) is 0 Å². The molecule has 1 aliphatic heterocycles. The van der Waals surface area contributed by atoms with Crippen molar-refractivity contribution in [2.45, 2.75) is 32.4 Å². The van der Waals surface area contributed by atoms with E-state index in [9.17, 15) is 0 Å². The van der Waals surface area contributed by atoms with Crippen molar-refractivity contribution in [3.63, 3.8) is 0 Å². The van der Waals surface area contributed by atoms with Crippen LogP contribution in [-0.4, -0.2) is 47.6 Å². The lowest BCUT2D eigenvalue weighted by atomic mass is 10.0. The summed E-state index contributed by atoms with van der Waals surface area (Å²) in [4.78, 5) is 4.65. The molecular formula is C12H21N3. The summed E-state index contributed by atoms with van der Waals surface area (Å²) in [6.45, 7) is 13.9. The minimum absolute atomic E-state index is 0.330. The van der Waals surface area contributed by atoms with E-state index in [1.165, 1.54) is 0 Å². The summed E-state index contributed by atoms with van der Waals surface area (Å²) >= 11 is 0. The molecule has 15 heavy (non-hydrogen) atoms. The summed E-state index contributed by atoms with van der Waals surface area (Å²) < 4.78 is 0. The van der Waals surface area contributed by atoms with Gasteiger partial charge >= 0.3 is 0 Å². The van der Waals surface area contributed by atoms with Crippen molar-refractivity contribution in [1.82, 2.24) is 9.80 Å². The molecule has 0 N–H and O–H groups in total. The van der Waals surface area contributed by atoms with Gasteiger partial charge < -0.3 is 0 Å². The highest BCUT2D eigenvalue weighted by atomic mass is 15.3. The molecule has 3 nitrogen and oxygen atoms in total. The maximum Gasteiger partial charge on any atom is 0.103 e. The fraction of sp³-hybridized carbons (Fsp3) is 0.750. The van der Waals surface area contributed by atoms with Crippen LogP contribution in [0.5, 0.6) is 0 Å². The normalized spacial score (nSPS) is 22.0. The standard InChI is InChI=1S/C12H21N3/c1-5-11(2)14-6-8-15(9-7-14)12(3,4)10-13/h5,11H,1,6-9H2,2-4H3. The molecule has 0 aromatic rings. The van der Waals surface area contributed by atoms with Gasteiger partial charge in [0.25, 0.3) is 0 Å². The Kier molecular flexibility index (Phi) is 3.90. The molecule has 0 amide bonds. The Hall–Kier alpha value is -0.850. The molecule has 0 aromatic heterocycles. The van der Waals surface area contributed by atoms with E-state index in [4.69, 9.17) is 5.26 Å². The Morgan fingerprint density at radius 1 is 1.33 bits per heavy atom. The van der Waals surface area contributed by atoms with Crippen LogP contribution >= 0.6 is 0 Å². The van der Waals surface area contributed by atoms with Crippen LogP contribution in [0.2, 0.25) is 0 Å².